The molecule has 0 saturated carbocycles. The summed E-state index contributed by atoms with van der Waals surface area (Å²) in [4.78, 5) is 0. The molecule has 0 saturated heterocycles. The standard InChI is InChI=1S/C32H36N2O2/c1-21(25-17-9-11-19-27(25)35)31(33)29(23-13-5-3-6-14-23)30(24-15-7-4-8-16-24)32(34)22(2)26-18-10-12-20-28(26)36/h3-22,29-32,35-36H,33-34H2,1-2H3/t21?,22?,29-,30-,31?,32?/m1/s1. The molecule has 36 heavy (non-hydrogen) atoms. The molecular weight excluding hydrogens is 444 g/mol. The van der Waals surface area contributed by atoms with Crippen molar-refractivity contribution in [2.75, 3.05) is 0 Å². The molecule has 4 aromatic rings. The predicted molar refractivity (Wildman–Crippen MR) is 147 cm³/mol. The monoisotopic (exact) mass is 480 g/mol. The van der Waals surface area contributed by atoms with Crippen LogP contribution >= 0.6 is 0 Å². The van der Waals surface area contributed by atoms with Crippen molar-refractivity contribution in [3.8, 4) is 11.5 Å². The van der Waals surface area contributed by atoms with Gasteiger partial charge in [0.1, 0.15) is 11.5 Å². The highest BCUT2D eigenvalue weighted by atomic mass is 16.3. The smallest absolute Gasteiger partial charge is 0.119 e. The summed E-state index contributed by atoms with van der Waals surface area (Å²) >= 11 is 0. The summed E-state index contributed by atoms with van der Waals surface area (Å²) in [5.74, 6) is -0.0608. The number of rotatable bonds is 9. The maximum Gasteiger partial charge on any atom is 0.119 e. The number of nitrogens with two attached hydrogens (primary N) is 2. The van der Waals surface area contributed by atoms with Gasteiger partial charge in [0.05, 0.1) is 0 Å². The Morgan fingerprint density at radius 3 is 1.11 bits per heavy atom. The molecular formula is C32H36N2O2. The van der Waals surface area contributed by atoms with Crippen molar-refractivity contribution >= 4 is 0 Å². The van der Waals surface area contributed by atoms with Gasteiger partial charge in [-0.1, -0.05) is 111 Å². The van der Waals surface area contributed by atoms with Crippen LogP contribution in [0.1, 0.15) is 59.8 Å². The fraction of sp³-hybridized carbons (Fsp3) is 0.250. The molecule has 0 amide bonds. The first-order chi connectivity index (χ1) is 17.4. The Kier molecular flexibility index (Phi) is 8.09. The lowest BCUT2D eigenvalue weighted by molar-refractivity contribution is 0.337. The maximum absolute atomic E-state index is 10.6. The molecule has 4 rings (SSSR count). The molecule has 0 spiro atoms. The second-order valence-corrected chi connectivity index (χ2v) is 9.72. The van der Waals surface area contributed by atoms with Crippen molar-refractivity contribution in [1.29, 1.82) is 0 Å². The Labute approximate surface area is 214 Å². The maximum atomic E-state index is 10.6. The van der Waals surface area contributed by atoms with Gasteiger partial charge in [0.15, 0.2) is 0 Å². The van der Waals surface area contributed by atoms with Crippen LogP contribution in [0.4, 0.5) is 0 Å². The Bertz CT molecular complexity index is 1150. The quantitative estimate of drug-likeness (QED) is 0.229. The first kappa shape index (κ1) is 25.5. The molecule has 0 heterocycles. The van der Waals surface area contributed by atoms with Gasteiger partial charge < -0.3 is 21.7 Å². The molecule has 4 heteroatoms. The average Bonchev–Trinajstić information content (AvgIpc) is 2.91. The van der Waals surface area contributed by atoms with E-state index in [-0.39, 0.29) is 47.3 Å². The van der Waals surface area contributed by atoms with E-state index in [4.69, 9.17) is 11.5 Å². The van der Waals surface area contributed by atoms with Gasteiger partial charge in [-0.25, -0.2) is 0 Å². The van der Waals surface area contributed by atoms with Crippen LogP contribution in [0, 0.1) is 0 Å². The number of hydrogen-bond acceptors (Lipinski definition) is 4. The largest absolute Gasteiger partial charge is 0.508 e. The van der Waals surface area contributed by atoms with Crippen LogP contribution in [0.15, 0.2) is 109 Å². The average molecular weight is 481 g/mol. The first-order valence-electron chi connectivity index (χ1n) is 12.6. The summed E-state index contributed by atoms with van der Waals surface area (Å²) in [6.07, 6.45) is 0. The summed E-state index contributed by atoms with van der Waals surface area (Å²) in [6.45, 7) is 4.13. The van der Waals surface area contributed by atoms with Gasteiger partial charge in [0.2, 0.25) is 0 Å². The van der Waals surface area contributed by atoms with Crippen LogP contribution in [0.5, 0.6) is 11.5 Å². The highest BCUT2D eigenvalue weighted by Crippen LogP contribution is 2.45. The molecule has 6 N–H and O–H groups in total. The number of phenols is 2. The number of para-hydroxylation sites is 2. The second-order valence-electron chi connectivity index (χ2n) is 9.72. The predicted octanol–water partition coefficient (Wildman–Crippen LogP) is 6.23. The Hall–Kier alpha value is -3.60. The summed E-state index contributed by atoms with van der Waals surface area (Å²) < 4.78 is 0. The molecule has 4 unspecified atom stereocenters. The zero-order valence-corrected chi connectivity index (χ0v) is 20.9. The lowest BCUT2D eigenvalue weighted by Gasteiger charge is -2.40. The first-order valence-corrected chi connectivity index (χ1v) is 12.6. The number of phenolic OH excluding ortho intramolecular Hbond substituents is 2. The minimum atomic E-state index is -0.339. The number of hydrogen-bond donors (Lipinski definition) is 4. The van der Waals surface area contributed by atoms with Gasteiger partial charge in [-0.15, -0.1) is 0 Å². The van der Waals surface area contributed by atoms with Crippen molar-refractivity contribution in [2.24, 2.45) is 11.5 Å². The zero-order chi connectivity index (χ0) is 25.7. The van der Waals surface area contributed by atoms with Crippen LogP contribution in [-0.2, 0) is 0 Å². The fourth-order valence-electron chi connectivity index (χ4n) is 5.47. The molecule has 6 atom stereocenters. The highest BCUT2D eigenvalue weighted by molar-refractivity contribution is 5.41. The molecule has 0 bridgehead atoms. The Balaban J connectivity index is 1.84. The normalized spacial score (nSPS) is 16.4. The summed E-state index contributed by atoms with van der Waals surface area (Å²) in [5, 5.41) is 21.2. The third kappa shape index (κ3) is 5.30. The third-order valence-electron chi connectivity index (χ3n) is 7.59. The van der Waals surface area contributed by atoms with Crippen LogP contribution in [0.3, 0.4) is 0 Å². The lowest BCUT2D eigenvalue weighted by atomic mass is 9.67. The summed E-state index contributed by atoms with van der Waals surface area (Å²) in [6, 6.07) is 34.6. The minimum Gasteiger partial charge on any atom is -0.508 e. The molecule has 0 aliphatic carbocycles. The third-order valence-corrected chi connectivity index (χ3v) is 7.59. The van der Waals surface area contributed by atoms with E-state index in [0.29, 0.717) is 0 Å². The van der Waals surface area contributed by atoms with Gasteiger partial charge in [-0.2, -0.15) is 0 Å². The van der Waals surface area contributed by atoms with Crippen LogP contribution < -0.4 is 11.5 Å². The Morgan fingerprint density at radius 1 is 0.472 bits per heavy atom. The van der Waals surface area contributed by atoms with Crippen LogP contribution in [0.2, 0.25) is 0 Å². The van der Waals surface area contributed by atoms with Crippen LogP contribution in [-0.4, -0.2) is 22.3 Å². The van der Waals surface area contributed by atoms with Crippen molar-refractivity contribution < 1.29 is 10.2 Å². The van der Waals surface area contributed by atoms with Crippen molar-refractivity contribution in [1.82, 2.24) is 0 Å². The SMILES string of the molecule is CC(c1ccccc1O)C(N)[C@H](c1ccccc1)[C@@H](c1ccccc1)C(N)C(C)c1ccccc1O. The molecule has 186 valence electrons. The molecule has 0 fully saturated rings. The minimum absolute atomic E-state index is 0.129. The molecule has 0 radical (unpaired) electrons. The molecule has 0 aliphatic heterocycles. The van der Waals surface area contributed by atoms with Gasteiger partial charge >= 0.3 is 0 Å². The number of benzene rings is 4. The van der Waals surface area contributed by atoms with E-state index in [0.717, 1.165) is 22.3 Å². The van der Waals surface area contributed by atoms with E-state index in [1.54, 1.807) is 12.1 Å². The lowest BCUT2D eigenvalue weighted by Crippen LogP contribution is -2.44. The summed E-state index contributed by atoms with van der Waals surface area (Å²) in [5.41, 5.74) is 18.1. The van der Waals surface area contributed by atoms with E-state index in [1.807, 2.05) is 72.8 Å². The van der Waals surface area contributed by atoms with E-state index in [1.165, 1.54) is 0 Å². The highest BCUT2D eigenvalue weighted by Gasteiger charge is 2.39. The van der Waals surface area contributed by atoms with Gasteiger partial charge in [0.25, 0.3) is 0 Å². The fourth-order valence-corrected chi connectivity index (χ4v) is 5.47. The van der Waals surface area contributed by atoms with E-state index in [9.17, 15) is 10.2 Å². The topological polar surface area (TPSA) is 92.5 Å². The summed E-state index contributed by atoms with van der Waals surface area (Å²) in [7, 11) is 0. The van der Waals surface area contributed by atoms with Crippen molar-refractivity contribution in [2.45, 2.75) is 49.6 Å². The van der Waals surface area contributed by atoms with Crippen LogP contribution in [0.25, 0.3) is 0 Å². The van der Waals surface area contributed by atoms with Crippen molar-refractivity contribution in [3.63, 3.8) is 0 Å². The molecule has 0 aromatic heterocycles. The van der Waals surface area contributed by atoms with Gasteiger partial charge in [-0.05, 0) is 34.4 Å². The Morgan fingerprint density at radius 2 is 0.778 bits per heavy atom. The molecule has 4 aromatic carbocycles. The van der Waals surface area contributed by atoms with E-state index < -0.39 is 0 Å². The van der Waals surface area contributed by atoms with Gasteiger partial charge in [-0.3, -0.25) is 0 Å². The molecule has 4 nitrogen and oxygen atoms in total. The van der Waals surface area contributed by atoms with E-state index >= 15 is 0 Å². The van der Waals surface area contributed by atoms with Gasteiger partial charge in [0, 0.05) is 35.8 Å². The molecule has 0 aliphatic rings. The van der Waals surface area contributed by atoms with E-state index in [2.05, 4.69) is 38.1 Å². The number of aromatic hydroxyl groups is 2. The second kappa shape index (κ2) is 11.4. The van der Waals surface area contributed by atoms with Crippen molar-refractivity contribution in [3.05, 3.63) is 131 Å². The zero-order valence-electron chi connectivity index (χ0n) is 20.9.